The molecule has 1 heterocycles. The molecule has 0 N–H and O–H groups in total. The summed E-state index contributed by atoms with van der Waals surface area (Å²) in [7, 11) is 1.50. The monoisotopic (exact) mass is 389 g/mol. The average Bonchev–Trinajstić information content (AvgIpc) is 3.25. The molecule has 3 aromatic carbocycles. The minimum Gasteiger partial charge on any atom is -0.493 e. The lowest BCUT2D eigenvalue weighted by atomic mass is 10.2. The second-order valence-corrected chi connectivity index (χ2v) is 5.97. The molecule has 0 unspecified atom stereocenters. The standard InChI is InChI=1S/C21H15N3O5/c1-27-18-9-5-6-10-19(18)28-17-12-11-15(13-16(17)24(25)26)21-23-22-20(29-21)14-7-3-2-4-8-14/h2-13H,1H3. The van der Waals surface area contributed by atoms with Gasteiger partial charge in [-0.15, -0.1) is 10.2 Å². The molecule has 0 aliphatic heterocycles. The minimum absolute atomic E-state index is 0.0750. The van der Waals surface area contributed by atoms with E-state index in [1.54, 1.807) is 30.3 Å². The molecule has 0 atom stereocenters. The van der Waals surface area contributed by atoms with Crippen LogP contribution in [-0.2, 0) is 0 Å². The van der Waals surface area contributed by atoms with E-state index in [9.17, 15) is 10.1 Å². The first kappa shape index (κ1) is 18.2. The van der Waals surface area contributed by atoms with Crippen LogP contribution in [0.4, 0.5) is 5.69 Å². The first-order valence-electron chi connectivity index (χ1n) is 8.64. The number of aromatic nitrogens is 2. The van der Waals surface area contributed by atoms with Gasteiger partial charge in [0.2, 0.25) is 17.5 Å². The van der Waals surface area contributed by atoms with Gasteiger partial charge in [0.05, 0.1) is 12.0 Å². The van der Waals surface area contributed by atoms with Crippen LogP contribution in [0, 0.1) is 10.1 Å². The smallest absolute Gasteiger partial charge is 0.312 e. The summed E-state index contributed by atoms with van der Waals surface area (Å²) in [5, 5.41) is 19.6. The topological polar surface area (TPSA) is 101 Å². The van der Waals surface area contributed by atoms with Crippen LogP contribution in [0.25, 0.3) is 22.9 Å². The molecular formula is C21H15N3O5. The summed E-state index contributed by atoms with van der Waals surface area (Å²) in [6.45, 7) is 0. The fourth-order valence-electron chi connectivity index (χ4n) is 2.74. The van der Waals surface area contributed by atoms with Gasteiger partial charge in [-0.3, -0.25) is 10.1 Å². The molecule has 29 heavy (non-hydrogen) atoms. The molecule has 0 saturated heterocycles. The number of methoxy groups -OCH3 is 1. The first-order valence-corrected chi connectivity index (χ1v) is 8.64. The number of nitrogens with zero attached hydrogens (tertiary/aromatic N) is 3. The van der Waals surface area contributed by atoms with Gasteiger partial charge in [0.15, 0.2) is 11.5 Å². The molecule has 0 fully saturated rings. The molecule has 4 rings (SSSR count). The maximum absolute atomic E-state index is 11.6. The van der Waals surface area contributed by atoms with Crippen LogP contribution in [0.15, 0.2) is 77.2 Å². The van der Waals surface area contributed by atoms with Crippen molar-refractivity contribution in [3.8, 4) is 40.2 Å². The summed E-state index contributed by atoms with van der Waals surface area (Å²) in [5.74, 6) is 1.42. The van der Waals surface area contributed by atoms with Crippen molar-refractivity contribution in [1.29, 1.82) is 0 Å². The van der Waals surface area contributed by atoms with Crippen molar-refractivity contribution in [3.05, 3.63) is 82.9 Å². The minimum atomic E-state index is -0.525. The van der Waals surface area contributed by atoms with Crippen molar-refractivity contribution in [2.45, 2.75) is 0 Å². The fourth-order valence-corrected chi connectivity index (χ4v) is 2.74. The number of ether oxygens (including phenoxy) is 2. The lowest BCUT2D eigenvalue weighted by Gasteiger charge is -2.10. The van der Waals surface area contributed by atoms with Crippen LogP contribution in [0.1, 0.15) is 0 Å². The lowest BCUT2D eigenvalue weighted by molar-refractivity contribution is -0.385. The van der Waals surface area contributed by atoms with Gasteiger partial charge in [-0.25, -0.2) is 0 Å². The van der Waals surface area contributed by atoms with Crippen LogP contribution in [0.5, 0.6) is 17.2 Å². The summed E-state index contributed by atoms with van der Waals surface area (Å²) < 4.78 is 16.6. The molecule has 0 aliphatic rings. The Labute approximate surface area is 165 Å². The van der Waals surface area contributed by atoms with Crippen LogP contribution in [0.2, 0.25) is 0 Å². The Hall–Kier alpha value is -4.20. The number of nitro groups is 1. The Bertz CT molecular complexity index is 1160. The molecular weight excluding hydrogens is 374 g/mol. The zero-order valence-corrected chi connectivity index (χ0v) is 15.3. The van der Waals surface area contributed by atoms with Crippen molar-refractivity contribution in [2.24, 2.45) is 0 Å². The van der Waals surface area contributed by atoms with Gasteiger partial charge in [0.1, 0.15) is 0 Å². The van der Waals surface area contributed by atoms with Gasteiger partial charge in [-0.2, -0.15) is 0 Å². The Balaban J connectivity index is 1.68. The summed E-state index contributed by atoms with van der Waals surface area (Å²) in [6.07, 6.45) is 0. The van der Waals surface area contributed by atoms with Gasteiger partial charge in [0, 0.05) is 17.2 Å². The van der Waals surface area contributed by atoms with E-state index in [0.717, 1.165) is 5.56 Å². The molecule has 8 nitrogen and oxygen atoms in total. The number of para-hydroxylation sites is 2. The number of nitro benzene ring substituents is 1. The third-order valence-corrected chi connectivity index (χ3v) is 4.14. The second kappa shape index (κ2) is 7.81. The summed E-state index contributed by atoms with van der Waals surface area (Å²) in [5.41, 5.74) is 0.948. The third-order valence-electron chi connectivity index (χ3n) is 4.14. The SMILES string of the molecule is COc1ccccc1Oc1ccc(-c2nnc(-c3ccccc3)o2)cc1[N+](=O)[O-]. The van der Waals surface area contributed by atoms with Crippen molar-refractivity contribution >= 4 is 5.69 Å². The van der Waals surface area contributed by atoms with Crippen molar-refractivity contribution < 1.29 is 18.8 Å². The van der Waals surface area contributed by atoms with E-state index in [0.29, 0.717) is 23.0 Å². The second-order valence-electron chi connectivity index (χ2n) is 5.97. The Kier molecular flexibility index (Phi) is 4.90. The maximum atomic E-state index is 11.6. The van der Waals surface area contributed by atoms with Crippen molar-refractivity contribution in [3.63, 3.8) is 0 Å². The highest BCUT2D eigenvalue weighted by Crippen LogP contribution is 2.38. The Morgan fingerprint density at radius 3 is 2.17 bits per heavy atom. The highest BCUT2D eigenvalue weighted by Gasteiger charge is 2.21. The first-order chi connectivity index (χ1) is 14.2. The quantitative estimate of drug-likeness (QED) is 0.333. The lowest BCUT2D eigenvalue weighted by Crippen LogP contribution is -1.96. The molecule has 0 spiro atoms. The largest absolute Gasteiger partial charge is 0.493 e. The summed E-state index contributed by atoms with van der Waals surface area (Å²) in [6, 6.07) is 20.6. The van der Waals surface area contributed by atoms with Gasteiger partial charge >= 0.3 is 5.69 Å². The highest BCUT2D eigenvalue weighted by atomic mass is 16.6. The van der Waals surface area contributed by atoms with Crippen LogP contribution in [0.3, 0.4) is 0 Å². The number of hydrogen-bond acceptors (Lipinski definition) is 7. The molecule has 0 saturated carbocycles. The number of rotatable bonds is 6. The summed E-state index contributed by atoms with van der Waals surface area (Å²) in [4.78, 5) is 11.1. The zero-order valence-electron chi connectivity index (χ0n) is 15.3. The van der Waals surface area contributed by atoms with Crippen LogP contribution in [-0.4, -0.2) is 22.2 Å². The third kappa shape index (κ3) is 3.77. The number of hydrogen-bond donors (Lipinski definition) is 0. The van der Waals surface area contributed by atoms with Crippen LogP contribution >= 0.6 is 0 Å². The fraction of sp³-hybridized carbons (Fsp3) is 0.0476. The van der Waals surface area contributed by atoms with E-state index in [1.165, 1.54) is 19.2 Å². The van der Waals surface area contributed by atoms with E-state index >= 15 is 0 Å². The molecule has 144 valence electrons. The molecule has 4 aromatic rings. The van der Waals surface area contributed by atoms with Gasteiger partial charge in [-0.1, -0.05) is 30.3 Å². The number of benzene rings is 3. The molecule has 0 bridgehead atoms. The van der Waals surface area contributed by atoms with E-state index in [4.69, 9.17) is 13.9 Å². The van der Waals surface area contributed by atoms with Gasteiger partial charge in [0.25, 0.3) is 0 Å². The van der Waals surface area contributed by atoms with E-state index in [1.807, 2.05) is 30.3 Å². The molecule has 8 heteroatoms. The average molecular weight is 389 g/mol. The molecule has 0 radical (unpaired) electrons. The predicted octanol–water partition coefficient (Wildman–Crippen LogP) is 5.11. The van der Waals surface area contributed by atoms with Crippen molar-refractivity contribution in [2.75, 3.05) is 7.11 Å². The highest BCUT2D eigenvalue weighted by molar-refractivity contribution is 5.64. The summed E-state index contributed by atoms with van der Waals surface area (Å²) >= 11 is 0. The van der Waals surface area contributed by atoms with Crippen LogP contribution < -0.4 is 9.47 Å². The van der Waals surface area contributed by atoms with Gasteiger partial charge in [-0.05, 0) is 36.4 Å². The van der Waals surface area contributed by atoms with E-state index in [-0.39, 0.29) is 17.3 Å². The normalized spacial score (nSPS) is 10.5. The van der Waals surface area contributed by atoms with Gasteiger partial charge < -0.3 is 13.9 Å². The maximum Gasteiger partial charge on any atom is 0.312 e. The van der Waals surface area contributed by atoms with E-state index in [2.05, 4.69) is 10.2 Å². The zero-order chi connectivity index (χ0) is 20.2. The Morgan fingerprint density at radius 1 is 0.828 bits per heavy atom. The van der Waals surface area contributed by atoms with E-state index < -0.39 is 4.92 Å². The van der Waals surface area contributed by atoms with Crippen molar-refractivity contribution in [1.82, 2.24) is 10.2 Å². The Morgan fingerprint density at radius 2 is 1.48 bits per heavy atom. The molecule has 1 aromatic heterocycles. The molecule has 0 amide bonds. The molecule has 0 aliphatic carbocycles. The predicted molar refractivity (Wildman–Crippen MR) is 105 cm³/mol.